The number of carbonyl (C=O) groups is 1. The van der Waals surface area contributed by atoms with Crippen LogP contribution in [0.2, 0.25) is 0 Å². The fraction of sp³-hybridized carbons (Fsp3) is 0.222. The number of ether oxygens (including phenoxy) is 1. The molecule has 0 aliphatic carbocycles. The molecule has 3 aromatic rings. The van der Waals surface area contributed by atoms with Crippen LogP contribution in [-0.2, 0) is 4.74 Å². The first-order valence-electron chi connectivity index (χ1n) is 7.37. The lowest BCUT2D eigenvalue weighted by Crippen LogP contribution is -2.12. The van der Waals surface area contributed by atoms with Crippen LogP contribution in [0.4, 0.5) is 0 Å². The summed E-state index contributed by atoms with van der Waals surface area (Å²) in [6.45, 7) is 5.96. The summed E-state index contributed by atoms with van der Waals surface area (Å²) in [4.78, 5) is 14.1. The van der Waals surface area contributed by atoms with Gasteiger partial charge < -0.3 is 4.74 Å². The van der Waals surface area contributed by atoms with E-state index in [1.807, 2.05) is 48.7 Å². The van der Waals surface area contributed by atoms with Gasteiger partial charge in [0.05, 0.1) is 6.61 Å². The van der Waals surface area contributed by atoms with Crippen molar-refractivity contribution in [2.45, 2.75) is 20.8 Å². The van der Waals surface area contributed by atoms with E-state index in [4.69, 9.17) is 4.74 Å². The minimum absolute atomic E-state index is 0.328. The number of hydrogen-bond donors (Lipinski definition) is 0. The van der Waals surface area contributed by atoms with Gasteiger partial charge in [0.25, 0.3) is 0 Å². The van der Waals surface area contributed by atoms with Gasteiger partial charge in [0.2, 0.25) is 0 Å². The summed E-state index contributed by atoms with van der Waals surface area (Å²) in [7, 11) is 0. The van der Waals surface area contributed by atoms with E-state index >= 15 is 0 Å². The van der Waals surface area contributed by atoms with Gasteiger partial charge in [-0.2, -0.15) is 5.26 Å². The van der Waals surface area contributed by atoms with Crippen LogP contribution in [0.25, 0.3) is 15.9 Å². The molecule has 0 bridgehead atoms. The van der Waals surface area contributed by atoms with E-state index in [0.717, 1.165) is 27.0 Å². The number of thiophene rings is 1. The minimum atomic E-state index is -0.338. The number of nitrogens with zero attached hydrogens (tertiary/aromatic N) is 2. The quantitative estimate of drug-likeness (QED) is 0.673. The molecule has 23 heavy (non-hydrogen) atoms. The van der Waals surface area contributed by atoms with Crippen molar-refractivity contribution in [2.75, 3.05) is 6.61 Å². The summed E-state index contributed by atoms with van der Waals surface area (Å²) in [5, 5.41) is 10.3. The molecule has 0 radical (unpaired) electrons. The number of hydrogen-bond acceptors (Lipinski definition) is 4. The Morgan fingerprint density at radius 1 is 1.26 bits per heavy atom. The Balaban J connectivity index is 2.40. The lowest BCUT2D eigenvalue weighted by atomic mass is 10.1. The molecule has 5 heteroatoms. The predicted octanol–water partition coefficient (Wildman–Crippen LogP) is 4.36. The second-order valence-electron chi connectivity index (χ2n) is 5.21. The van der Waals surface area contributed by atoms with Crippen LogP contribution in [0.3, 0.4) is 0 Å². The van der Waals surface area contributed by atoms with Gasteiger partial charge in [-0.15, -0.1) is 11.3 Å². The van der Waals surface area contributed by atoms with Crippen molar-refractivity contribution in [3.8, 4) is 11.8 Å². The molecule has 0 N–H and O–H groups in total. The van der Waals surface area contributed by atoms with Gasteiger partial charge in [-0.3, -0.25) is 4.57 Å². The molecular formula is C18H16N2O2S. The van der Waals surface area contributed by atoms with Crippen LogP contribution < -0.4 is 0 Å². The molecule has 116 valence electrons. The van der Waals surface area contributed by atoms with Crippen molar-refractivity contribution in [2.24, 2.45) is 0 Å². The van der Waals surface area contributed by atoms with Gasteiger partial charge >= 0.3 is 5.97 Å². The Bertz CT molecular complexity index is 930. The molecule has 0 spiro atoms. The molecule has 1 aromatic carbocycles. The first kappa shape index (κ1) is 15.3. The topological polar surface area (TPSA) is 55.0 Å². The lowest BCUT2D eigenvalue weighted by molar-refractivity contribution is 0.0516. The van der Waals surface area contributed by atoms with Gasteiger partial charge in [-0.25, -0.2) is 4.79 Å². The van der Waals surface area contributed by atoms with Crippen molar-refractivity contribution in [3.05, 3.63) is 52.0 Å². The SMILES string of the molecule is CCOC(=O)c1c(C)c2c(C)c(C#N)sc2n1-c1ccccc1. The maximum absolute atomic E-state index is 12.5. The van der Waals surface area contributed by atoms with Gasteiger partial charge in [-0.05, 0) is 44.0 Å². The highest BCUT2D eigenvalue weighted by Crippen LogP contribution is 2.38. The van der Waals surface area contributed by atoms with Gasteiger partial charge in [0.15, 0.2) is 0 Å². The highest BCUT2D eigenvalue weighted by Gasteiger charge is 2.26. The Labute approximate surface area is 138 Å². The molecule has 0 fully saturated rings. The number of para-hydroxylation sites is 1. The van der Waals surface area contributed by atoms with Gasteiger partial charge in [-0.1, -0.05) is 18.2 Å². The number of nitriles is 1. The van der Waals surface area contributed by atoms with E-state index in [1.54, 1.807) is 6.92 Å². The number of carbonyl (C=O) groups excluding carboxylic acids is 1. The molecule has 2 heterocycles. The summed E-state index contributed by atoms with van der Waals surface area (Å²) in [6.07, 6.45) is 0. The number of esters is 1. The standard InChI is InChI=1S/C18H16N2O2S/c1-4-22-18(21)16-12(3)15-11(2)14(10-19)23-17(15)20(16)13-8-6-5-7-9-13/h5-9H,4H2,1-3H3. The zero-order valence-electron chi connectivity index (χ0n) is 13.2. The number of benzene rings is 1. The van der Waals surface area contributed by atoms with Crippen LogP contribution in [0, 0.1) is 25.2 Å². The van der Waals surface area contributed by atoms with Crippen LogP contribution in [0.15, 0.2) is 30.3 Å². The average Bonchev–Trinajstić information content (AvgIpc) is 3.03. The molecule has 4 nitrogen and oxygen atoms in total. The first-order chi connectivity index (χ1) is 11.1. The van der Waals surface area contributed by atoms with E-state index < -0.39 is 0 Å². The van der Waals surface area contributed by atoms with Crippen molar-refractivity contribution in [1.29, 1.82) is 5.26 Å². The summed E-state index contributed by atoms with van der Waals surface area (Å²) < 4.78 is 7.15. The lowest BCUT2D eigenvalue weighted by Gasteiger charge is -2.10. The largest absolute Gasteiger partial charge is 0.461 e. The molecule has 2 aromatic heterocycles. The van der Waals surface area contributed by atoms with Crippen LogP contribution in [0.5, 0.6) is 0 Å². The Hall–Kier alpha value is -2.58. The number of aromatic nitrogens is 1. The minimum Gasteiger partial charge on any atom is -0.461 e. The molecule has 0 saturated carbocycles. The maximum atomic E-state index is 12.5. The highest BCUT2D eigenvalue weighted by molar-refractivity contribution is 7.19. The van der Waals surface area contributed by atoms with E-state index in [-0.39, 0.29) is 5.97 Å². The Morgan fingerprint density at radius 2 is 1.96 bits per heavy atom. The zero-order chi connectivity index (χ0) is 16.6. The molecule has 0 amide bonds. The van der Waals surface area contributed by atoms with Crippen molar-refractivity contribution in [1.82, 2.24) is 4.57 Å². The Kier molecular flexibility index (Phi) is 3.93. The number of rotatable bonds is 3. The van der Waals surface area contributed by atoms with Crippen molar-refractivity contribution >= 4 is 27.5 Å². The third-order valence-electron chi connectivity index (χ3n) is 3.87. The monoisotopic (exact) mass is 324 g/mol. The normalized spacial score (nSPS) is 10.7. The predicted molar refractivity (Wildman–Crippen MR) is 91.3 cm³/mol. The fourth-order valence-electron chi connectivity index (χ4n) is 2.86. The summed E-state index contributed by atoms with van der Waals surface area (Å²) >= 11 is 1.41. The molecule has 0 unspecified atom stereocenters. The smallest absolute Gasteiger partial charge is 0.355 e. The van der Waals surface area contributed by atoms with Gasteiger partial charge in [0, 0.05) is 11.1 Å². The summed E-state index contributed by atoms with van der Waals surface area (Å²) in [5.41, 5.74) is 3.20. The van der Waals surface area contributed by atoms with Crippen molar-refractivity contribution in [3.63, 3.8) is 0 Å². The summed E-state index contributed by atoms with van der Waals surface area (Å²) in [5.74, 6) is -0.338. The molecule has 0 aliphatic heterocycles. The van der Waals surface area contributed by atoms with E-state index in [9.17, 15) is 10.1 Å². The van der Waals surface area contributed by atoms with Gasteiger partial charge in [0.1, 0.15) is 21.5 Å². The maximum Gasteiger partial charge on any atom is 0.355 e. The average molecular weight is 324 g/mol. The van der Waals surface area contributed by atoms with Crippen molar-refractivity contribution < 1.29 is 9.53 Å². The Morgan fingerprint density at radius 3 is 2.57 bits per heavy atom. The fourth-order valence-corrected chi connectivity index (χ4v) is 4.05. The summed E-state index contributed by atoms with van der Waals surface area (Å²) in [6, 6.07) is 11.9. The first-order valence-corrected chi connectivity index (χ1v) is 8.18. The second-order valence-corrected chi connectivity index (χ2v) is 6.21. The molecular weight excluding hydrogens is 308 g/mol. The highest BCUT2D eigenvalue weighted by atomic mass is 32.1. The van der Waals surface area contributed by atoms with Crippen LogP contribution in [-0.4, -0.2) is 17.1 Å². The zero-order valence-corrected chi connectivity index (χ0v) is 14.0. The van der Waals surface area contributed by atoms with E-state index in [2.05, 4.69) is 6.07 Å². The van der Waals surface area contributed by atoms with Crippen LogP contribution >= 0.6 is 11.3 Å². The second kappa shape index (κ2) is 5.90. The molecule has 0 atom stereocenters. The molecule has 3 rings (SSSR count). The van der Waals surface area contributed by atoms with Crippen LogP contribution in [0.1, 0.15) is 33.4 Å². The number of fused-ring (bicyclic) bond motifs is 1. The molecule has 0 saturated heterocycles. The van der Waals surface area contributed by atoms with E-state index in [1.165, 1.54) is 11.3 Å². The molecule has 0 aliphatic rings. The third kappa shape index (κ3) is 2.32. The number of aryl methyl sites for hydroxylation is 2. The third-order valence-corrected chi connectivity index (χ3v) is 5.05. The van der Waals surface area contributed by atoms with E-state index in [0.29, 0.717) is 17.2 Å².